The van der Waals surface area contributed by atoms with Crippen molar-refractivity contribution >= 4 is 16.5 Å². The number of aliphatic hydroxyl groups is 1. The normalized spacial score (nSPS) is 29.4. The fraction of sp³-hybridized carbons (Fsp3) is 0.412. The van der Waals surface area contributed by atoms with Gasteiger partial charge in [0, 0.05) is 29.7 Å². The van der Waals surface area contributed by atoms with Crippen molar-refractivity contribution in [3.8, 4) is 0 Å². The first kappa shape index (κ1) is 12.2. The summed E-state index contributed by atoms with van der Waals surface area (Å²) in [5.41, 5.74) is 4.44. The lowest BCUT2D eigenvalue weighted by molar-refractivity contribution is 0.0449. The highest BCUT2D eigenvalue weighted by atomic mass is 16.3. The molecule has 0 fully saturated rings. The minimum absolute atomic E-state index is 0.397. The second-order valence-electron chi connectivity index (χ2n) is 6.28. The molecule has 104 valence electrons. The number of rotatable bonds is 1. The maximum Gasteiger partial charge on any atom is 0.0932 e. The smallest absolute Gasteiger partial charge is 0.0932 e. The average molecular weight is 268 g/mol. The van der Waals surface area contributed by atoms with Crippen molar-refractivity contribution in [1.29, 1.82) is 0 Å². The van der Waals surface area contributed by atoms with Gasteiger partial charge in [-0.25, -0.2) is 0 Å². The van der Waals surface area contributed by atoms with E-state index in [1.807, 2.05) is 6.92 Å². The third kappa shape index (κ3) is 1.60. The van der Waals surface area contributed by atoms with Gasteiger partial charge in [0.05, 0.1) is 5.60 Å². The molecular formula is C17H20N2O. The third-order valence-corrected chi connectivity index (χ3v) is 4.71. The summed E-state index contributed by atoms with van der Waals surface area (Å²) >= 11 is 0. The summed E-state index contributed by atoms with van der Waals surface area (Å²) < 4.78 is 0. The highest BCUT2D eigenvalue weighted by Gasteiger charge is 2.38. The number of aromatic amines is 1. The van der Waals surface area contributed by atoms with E-state index in [1.54, 1.807) is 0 Å². The molecule has 2 heterocycles. The number of nitrogens with zero attached hydrogens (tertiary/aromatic N) is 1. The number of nitrogens with one attached hydrogen (secondary N) is 1. The van der Waals surface area contributed by atoms with Crippen LogP contribution in [0.25, 0.3) is 16.5 Å². The fourth-order valence-electron chi connectivity index (χ4n) is 3.89. The van der Waals surface area contributed by atoms with Gasteiger partial charge in [-0.05, 0) is 48.7 Å². The molecule has 0 saturated heterocycles. The first-order chi connectivity index (χ1) is 9.59. The van der Waals surface area contributed by atoms with Gasteiger partial charge in [-0.2, -0.15) is 0 Å². The number of H-pyrrole nitrogens is 1. The van der Waals surface area contributed by atoms with Gasteiger partial charge < -0.3 is 10.1 Å². The Bertz CT molecular complexity index is 711. The van der Waals surface area contributed by atoms with Crippen molar-refractivity contribution in [3.63, 3.8) is 0 Å². The molecule has 0 radical (unpaired) electrons. The van der Waals surface area contributed by atoms with Gasteiger partial charge in [0.2, 0.25) is 0 Å². The molecule has 2 N–H and O–H groups in total. The van der Waals surface area contributed by atoms with Crippen LogP contribution in [-0.4, -0.2) is 39.7 Å². The zero-order valence-electron chi connectivity index (χ0n) is 12.0. The molecule has 1 aromatic heterocycles. The van der Waals surface area contributed by atoms with Gasteiger partial charge in [-0.1, -0.05) is 19.1 Å². The van der Waals surface area contributed by atoms with E-state index in [0.717, 1.165) is 13.0 Å². The Hall–Kier alpha value is -1.58. The summed E-state index contributed by atoms with van der Waals surface area (Å²) in [6.07, 6.45) is 5.26. The number of hydrogen-bond donors (Lipinski definition) is 2. The van der Waals surface area contributed by atoms with Crippen LogP contribution in [0.15, 0.2) is 30.5 Å². The summed E-state index contributed by atoms with van der Waals surface area (Å²) in [7, 11) is 0. The van der Waals surface area contributed by atoms with Crippen molar-refractivity contribution in [2.45, 2.75) is 31.9 Å². The highest BCUT2D eigenvalue weighted by molar-refractivity contribution is 5.98. The van der Waals surface area contributed by atoms with E-state index >= 15 is 0 Å². The first-order valence-electron chi connectivity index (χ1n) is 7.37. The SMILES string of the molecule is CCN1CC(C)(O)C=C2c3cccc4[nH]cc(c34)CC21. The van der Waals surface area contributed by atoms with Crippen LogP contribution in [-0.2, 0) is 6.42 Å². The molecule has 0 spiro atoms. The Morgan fingerprint density at radius 2 is 2.30 bits per heavy atom. The van der Waals surface area contributed by atoms with Gasteiger partial charge in [0.1, 0.15) is 0 Å². The van der Waals surface area contributed by atoms with Crippen molar-refractivity contribution in [3.05, 3.63) is 41.6 Å². The van der Waals surface area contributed by atoms with Gasteiger partial charge >= 0.3 is 0 Å². The summed E-state index contributed by atoms with van der Waals surface area (Å²) in [5.74, 6) is 0. The zero-order valence-corrected chi connectivity index (χ0v) is 12.0. The lowest BCUT2D eigenvalue weighted by Gasteiger charge is -2.43. The van der Waals surface area contributed by atoms with E-state index in [2.05, 4.69) is 47.3 Å². The zero-order chi connectivity index (χ0) is 13.9. The van der Waals surface area contributed by atoms with E-state index in [0.29, 0.717) is 12.6 Å². The fourth-order valence-corrected chi connectivity index (χ4v) is 3.89. The standard InChI is InChI=1S/C17H20N2O/c1-3-19-10-17(2,20)8-13-12-5-4-6-14-16(12)11(9-18-14)7-15(13)19/h4-6,8-9,15,18,20H,3,7,10H2,1-2H3. The number of β-amino-alcohol motifs (C(OH)–C–C–N with tert-alkyl or cyclic N) is 1. The van der Waals surface area contributed by atoms with Crippen LogP contribution in [0.4, 0.5) is 0 Å². The van der Waals surface area contributed by atoms with Gasteiger partial charge in [0.25, 0.3) is 0 Å². The van der Waals surface area contributed by atoms with Crippen molar-refractivity contribution in [2.24, 2.45) is 0 Å². The molecule has 2 aromatic rings. The van der Waals surface area contributed by atoms with Crippen LogP contribution in [0.3, 0.4) is 0 Å². The van der Waals surface area contributed by atoms with E-state index in [4.69, 9.17) is 0 Å². The van der Waals surface area contributed by atoms with E-state index in [9.17, 15) is 5.11 Å². The van der Waals surface area contributed by atoms with Crippen LogP contribution in [0.1, 0.15) is 25.0 Å². The molecular weight excluding hydrogens is 248 g/mol. The minimum Gasteiger partial charge on any atom is -0.385 e. The number of hydrogen-bond acceptors (Lipinski definition) is 2. The maximum absolute atomic E-state index is 10.5. The second kappa shape index (κ2) is 3.96. The summed E-state index contributed by atoms with van der Waals surface area (Å²) in [6.45, 7) is 5.76. The molecule has 0 saturated carbocycles. The Kier molecular flexibility index (Phi) is 2.41. The number of fused-ring (bicyclic) bond motifs is 2. The van der Waals surface area contributed by atoms with Crippen LogP contribution < -0.4 is 0 Å². The summed E-state index contributed by atoms with van der Waals surface area (Å²) in [5, 5.41) is 11.9. The number of likely N-dealkylation sites (N-methyl/N-ethyl adjacent to an activating group) is 1. The lowest BCUT2D eigenvalue weighted by Crippen LogP contribution is -2.51. The quantitative estimate of drug-likeness (QED) is 0.834. The van der Waals surface area contributed by atoms with Gasteiger partial charge in [0.15, 0.2) is 0 Å². The lowest BCUT2D eigenvalue weighted by atomic mass is 9.79. The van der Waals surface area contributed by atoms with Crippen LogP contribution >= 0.6 is 0 Å². The van der Waals surface area contributed by atoms with Crippen molar-refractivity contribution in [1.82, 2.24) is 9.88 Å². The molecule has 2 atom stereocenters. The van der Waals surface area contributed by atoms with Crippen LogP contribution in [0.2, 0.25) is 0 Å². The predicted molar refractivity (Wildman–Crippen MR) is 81.6 cm³/mol. The Morgan fingerprint density at radius 1 is 1.45 bits per heavy atom. The largest absolute Gasteiger partial charge is 0.385 e. The molecule has 1 aliphatic carbocycles. The molecule has 2 unspecified atom stereocenters. The van der Waals surface area contributed by atoms with E-state index < -0.39 is 5.60 Å². The van der Waals surface area contributed by atoms with Crippen molar-refractivity contribution in [2.75, 3.05) is 13.1 Å². The molecule has 3 heteroatoms. The Morgan fingerprint density at radius 3 is 3.10 bits per heavy atom. The molecule has 1 aliphatic heterocycles. The molecule has 3 nitrogen and oxygen atoms in total. The molecule has 4 rings (SSSR count). The monoisotopic (exact) mass is 268 g/mol. The molecule has 1 aromatic carbocycles. The number of aromatic nitrogens is 1. The minimum atomic E-state index is -0.738. The average Bonchev–Trinajstić information content (AvgIpc) is 2.83. The predicted octanol–water partition coefficient (Wildman–Crippen LogP) is 2.56. The summed E-state index contributed by atoms with van der Waals surface area (Å²) in [6, 6.07) is 6.81. The molecule has 0 bridgehead atoms. The molecule has 20 heavy (non-hydrogen) atoms. The number of benzene rings is 1. The molecule has 2 aliphatic rings. The first-order valence-corrected chi connectivity index (χ1v) is 7.37. The second-order valence-corrected chi connectivity index (χ2v) is 6.28. The van der Waals surface area contributed by atoms with E-state index in [-0.39, 0.29) is 0 Å². The van der Waals surface area contributed by atoms with Crippen LogP contribution in [0.5, 0.6) is 0 Å². The Balaban J connectivity index is 1.98. The van der Waals surface area contributed by atoms with Gasteiger partial charge in [-0.15, -0.1) is 0 Å². The third-order valence-electron chi connectivity index (χ3n) is 4.71. The van der Waals surface area contributed by atoms with Crippen LogP contribution in [0, 0.1) is 0 Å². The maximum atomic E-state index is 10.5. The van der Waals surface area contributed by atoms with Crippen molar-refractivity contribution < 1.29 is 5.11 Å². The topological polar surface area (TPSA) is 39.3 Å². The summed E-state index contributed by atoms with van der Waals surface area (Å²) in [4.78, 5) is 5.77. The molecule has 0 amide bonds. The van der Waals surface area contributed by atoms with E-state index in [1.165, 1.54) is 27.6 Å². The highest BCUT2D eigenvalue weighted by Crippen LogP contribution is 2.41. The Labute approximate surface area is 118 Å². The van der Waals surface area contributed by atoms with Gasteiger partial charge in [-0.3, -0.25) is 4.90 Å².